The summed E-state index contributed by atoms with van der Waals surface area (Å²) in [6.07, 6.45) is 0. The normalized spacial score (nSPS) is 10.7. The van der Waals surface area contributed by atoms with Crippen molar-refractivity contribution in [3.8, 4) is 11.5 Å². The molecule has 0 aliphatic heterocycles. The van der Waals surface area contributed by atoms with E-state index in [1.54, 1.807) is 24.3 Å². The molecule has 2 rings (SSSR count). The summed E-state index contributed by atoms with van der Waals surface area (Å²) in [4.78, 5) is 0. The molecule has 0 aliphatic rings. The lowest BCUT2D eigenvalue weighted by Gasteiger charge is -2.13. The van der Waals surface area contributed by atoms with Gasteiger partial charge in [0.05, 0.1) is 10.0 Å². The highest BCUT2D eigenvalue weighted by molar-refractivity contribution is 9.10. The third kappa shape index (κ3) is 3.80. The molecule has 2 nitrogen and oxygen atoms in total. The van der Waals surface area contributed by atoms with E-state index in [0.717, 1.165) is 10.0 Å². The maximum Gasteiger partial charge on any atom is 0.147 e. The van der Waals surface area contributed by atoms with E-state index in [1.165, 1.54) is 0 Å². The zero-order valence-corrected chi connectivity index (χ0v) is 14.4. The van der Waals surface area contributed by atoms with E-state index in [4.69, 9.17) is 39.5 Å². The van der Waals surface area contributed by atoms with Gasteiger partial charge >= 0.3 is 0 Å². The molecule has 0 unspecified atom stereocenters. The smallest absolute Gasteiger partial charge is 0.147 e. The molecule has 0 saturated heterocycles. The minimum atomic E-state index is 0.478. The summed E-state index contributed by atoms with van der Waals surface area (Å²) in [5.74, 6) is 1.18. The Morgan fingerprint density at radius 1 is 1.05 bits per heavy atom. The van der Waals surface area contributed by atoms with E-state index in [2.05, 4.69) is 21.2 Å². The van der Waals surface area contributed by atoms with Crippen LogP contribution in [-0.2, 0) is 6.54 Å². The molecule has 0 amide bonds. The quantitative estimate of drug-likeness (QED) is 0.649. The molecular weight excluding hydrogens is 384 g/mol. The monoisotopic (exact) mass is 393 g/mol. The minimum absolute atomic E-state index is 0.478. The molecule has 0 bridgehead atoms. The van der Waals surface area contributed by atoms with E-state index in [9.17, 15) is 0 Å². The first-order valence-electron chi connectivity index (χ1n) is 5.76. The fourth-order valence-corrected chi connectivity index (χ4v) is 2.70. The van der Waals surface area contributed by atoms with E-state index < -0.39 is 0 Å². The number of rotatable bonds is 4. The molecule has 1 N–H and O–H groups in total. The van der Waals surface area contributed by atoms with E-state index in [-0.39, 0.29) is 0 Å². The largest absolute Gasteiger partial charge is 0.455 e. The molecular formula is C14H11BrCl3NO. The van der Waals surface area contributed by atoms with Crippen LogP contribution >= 0.6 is 50.7 Å². The Labute approximate surface area is 141 Å². The van der Waals surface area contributed by atoms with Crippen molar-refractivity contribution in [3.05, 3.63) is 55.4 Å². The van der Waals surface area contributed by atoms with Crippen molar-refractivity contribution in [3.63, 3.8) is 0 Å². The van der Waals surface area contributed by atoms with Gasteiger partial charge < -0.3 is 10.1 Å². The Morgan fingerprint density at radius 2 is 1.80 bits per heavy atom. The van der Waals surface area contributed by atoms with Crippen LogP contribution in [0.5, 0.6) is 11.5 Å². The molecule has 0 aliphatic carbocycles. The Hall–Kier alpha value is -0.450. The zero-order chi connectivity index (χ0) is 14.7. The van der Waals surface area contributed by atoms with Crippen LogP contribution in [0.1, 0.15) is 5.56 Å². The van der Waals surface area contributed by atoms with Crippen LogP contribution in [0.2, 0.25) is 15.1 Å². The predicted molar refractivity (Wildman–Crippen MR) is 88.5 cm³/mol. The zero-order valence-electron chi connectivity index (χ0n) is 10.5. The first-order chi connectivity index (χ1) is 9.51. The average molecular weight is 396 g/mol. The summed E-state index contributed by atoms with van der Waals surface area (Å²) in [5.41, 5.74) is 0.940. The van der Waals surface area contributed by atoms with E-state index in [1.807, 2.05) is 13.1 Å². The number of benzene rings is 2. The van der Waals surface area contributed by atoms with Gasteiger partial charge in [-0.2, -0.15) is 0 Å². The van der Waals surface area contributed by atoms with Crippen LogP contribution < -0.4 is 10.1 Å². The molecule has 6 heteroatoms. The first-order valence-corrected chi connectivity index (χ1v) is 7.69. The first kappa shape index (κ1) is 15.9. The number of ether oxygens (including phenoxy) is 1. The fourth-order valence-electron chi connectivity index (χ4n) is 1.68. The molecule has 0 aromatic heterocycles. The van der Waals surface area contributed by atoms with Crippen molar-refractivity contribution in [2.24, 2.45) is 0 Å². The molecule has 0 radical (unpaired) electrons. The van der Waals surface area contributed by atoms with E-state index >= 15 is 0 Å². The summed E-state index contributed by atoms with van der Waals surface area (Å²) in [7, 11) is 1.86. The van der Waals surface area contributed by atoms with Crippen LogP contribution in [0.15, 0.2) is 34.8 Å². The topological polar surface area (TPSA) is 21.3 Å². The highest BCUT2D eigenvalue weighted by Gasteiger charge is 2.11. The van der Waals surface area contributed by atoms with Gasteiger partial charge in [-0.3, -0.25) is 0 Å². The average Bonchev–Trinajstić information content (AvgIpc) is 2.39. The van der Waals surface area contributed by atoms with Gasteiger partial charge in [-0.25, -0.2) is 0 Å². The molecule has 0 fully saturated rings. The fraction of sp³-hybridized carbons (Fsp3) is 0.143. The second-order valence-electron chi connectivity index (χ2n) is 4.08. The minimum Gasteiger partial charge on any atom is -0.455 e. The molecule has 0 atom stereocenters. The molecule has 2 aromatic carbocycles. The van der Waals surface area contributed by atoms with Crippen LogP contribution in [0.3, 0.4) is 0 Å². The Morgan fingerprint density at radius 3 is 2.50 bits per heavy atom. The second kappa shape index (κ2) is 7.01. The maximum absolute atomic E-state index is 6.16. The molecule has 106 valence electrons. The highest BCUT2D eigenvalue weighted by atomic mass is 79.9. The molecule has 2 aromatic rings. The predicted octanol–water partition coefficient (Wildman–Crippen LogP) is 5.92. The van der Waals surface area contributed by atoms with Crippen molar-refractivity contribution in [1.82, 2.24) is 5.32 Å². The standard InChI is InChI=1S/C14H11BrCl3NO/c1-19-7-8-4-9(16)2-3-13(8)20-14-6-11(17)10(15)5-12(14)18/h2-6,19H,7H2,1H3. The van der Waals surface area contributed by atoms with Gasteiger partial charge in [0.15, 0.2) is 0 Å². The molecule has 0 saturated carbocycles. The lowest BCUT2D eigenvalue weighted by molar-refractivity contribution is 0.474. The van der Waals surface area contributed by atoms with Crippen LogP contribution in [0.25, 0.3) is 0 Å². The van der Waals surface area contributed by atoms with Gasteiger partial charge in [-0.15, -0.1) is 0 Å². The summed E-state index contributed by atoms with van der Waals surface area (Å²) < 4.78 is 6.57. The lowest BCUT2D eigenvalue weighted by Crippen LogP contribution is -2.06. The van der Waals surface area contributed by atoms with Crippen LogP contribution in [-0.4, -0.2) is 7.05 Å². The maximum atomic E-state index is 6.16. The van der Waals surface area contributed by atoms with Crippen LogP contribution in [0, 0.1) is 0 Å². The Kier molecular flexibility index (Phi) is 5.58. The molecule has 0 heterocycles. The number of halogens is 4. The van der Waals surface area contributed by atoms with Gasteiger partial charge in [0, 0.05) is 27.7 Å². The molecule has 20 heavy (non-hydrogen) atoms. The summed E-state index contributed by atoms with van der Waals surface area (Å²) in [6, 6.07) is 8.80. The van der Waals surface area contributed by atoms with Gasteiger partial charge in [0.1, 0.15) is 11.5 Å². The summed E-state index contributed by atoms with van der Waals surface area (Å²) >= 11 is 21.5. The third-order valence-electron chi connectivity index (χ3n) is 2.58. The lowest BCUT2D eigenvalue weighted by atomic mass is 10.2. The Balaban J connectivity index is 2.37. The number of hydrogen-bond donors (Lipinski definition) is 1. The van der Waals surface area contributed by atoms with Gasteiger partial charge in [-0.1, -0.05) is 34.8 Å². The van der Waals surface area contributed by atoms with Crippen molar-refractivity contribution in [2.45, 2.75) is 6.54 Å². The van der Waals surface area contributed by atoms with Crippen LogP contribution in [0.4, 0.5) is 0 Å². The highest BCUT2D eigenvalue weighted by Crippen LogP contribution is 2.37. The van der Waals surface area contributed by atoms with E-state index in [0.29, 0.717) is 33.1 Å². The number of nitrogens with one attached hydrogen (secondary N) is 1. The Bertz CT molecular complexity index is 634. The van der Waals surface area contributed by atoms with Crippen molar-refractivity contribution in [1.29, 1.82) is 0 Å². The summed E-state index contributed by atoms with van der Waals surface area (Å²) in [6.45, 7) is 0.637. The molecule has 0 spiro atoms. The van der Waals surface area contributed by atoms with Crippen molar-refractivity contribution in [2.75, 3.05) is 7.05 Å². The second-order valence-corrected chi connectivity index (χ2v) is 6.19. The van der Waals surface area contributed by atoms with Crippen molar-refractivity contribution >= 4 is 50.7 Å². The van der Waals surface area contributed by atoms with Gasteiger partial charge in [0.2, 0.25) is 0 Å². The van der Waals surface area contributed by atoms with Gasteiger partial charge in [0.25, 0.3) is 0 Å². The summed E-state index contributed by atoms with van der Waals surface area (Å²) in [5, 5.41) is 4.74. The third-order valence-corrected chi connectivity index (χ3v) is 4.31. The SMILES string of the molecule is CNCc1cc(Cl)ccc1Oc1cc(Cl)c(Br)cc1Cl. The number of hydrogen-bond acceptors (Lipinski definition) is 2. The van der Waals surface area contributed by atoms with Crippen molar-refractivity contribution < 1.29 is 4.74 Å². The van der Waals surface area contributed by atoms with Gasteiger partial charge in [-0.05, 0) is 47.2 Å².